The molecule has 0 amide bonds. The van der Waals surface area contributed by atoms with Crippen LogP contribution in [0.5, 0.6) is 5.75 Å². The van der Waals surface area contributed by atoms with Gasteiger partial charge in [-0.3, -0.25) is 0 Å². The van der Waals surface area contributed by atoms with Crippen molar-refractivity contribution in [1.82, 2.24) is 4.98 Å². The molecular weight excluding hydrogens is 477 g/mol. The van der Waals surface area contributed by atoms with Crippen LogP contribution in [0.2, 0.25) is 0 Å². The molecule has 0 aliphatic heterocycles. The molecule has 5 nitrogen and oxygen atoms in total. The summed E-state index contributed by atoms with van der Waals surface area (Å²) in [7, 11) is 1.40. The Morgan fingerprint density at radius 2 is 1.80 bits per heavy atom. The van der Waals surface area contributed by atoms with Crippen molar-refractivity contribution in [2.75, 3.05) is 18.6 Å². The Labute approximate surface area is 203 Å². The van der Waals surface area contributed by atoms with E-state index >= 15 is 0 Å². The number of benzene rings is 3. The molecule has 4 rings (SSSR count). The molecule has 0 spiro atoms. The SMILES string of the molecule is COc1ccc(CCN(Cc2ccc(C#CC(=O)O)cc2)c2nc3cc(F)cc(F)c3s2)cc1F. The van der Waals surface area contributed by atoms with Gasteiger partial charge in [0, 0.05) is 36.7 Å². The number of thiazole rings is 1. The van der Waals surface area contributed by atoms with Crippen LogP contribution in [0.4, 0.5) is 18.3 Å². The molecule has 0 saturated heterocycles. The van der Waals surface area contributed by atoms with E-state index in [0.717, 1.165) is 28.5 Å². The zero-order valence-electron chi connectivity index (χ0n) is 18.5. The number of fused-ring (bicyclic) bond motifs is 1. The van der Waals surface area contributed by atoms with E-state index in [0.29, 0.717) is 30.2 Å². The quantitative estimate of drug-likeness (QED) is 0.347. The second-order valence-corrected chi connectivity index (χ2v) is 8.60. The van der Waals surface area contributed by atoms with E-state index < -0.39 is 23.4 Å². The molecule has 1 N–H and O–H groups in total. The van der Waals surface area contributed by atoms with Gasteiger partial charge < -0.3 is 14.7 Å². The summed E-state index contributed by atoms with van der Waals surface area (Å²) >= 11 is 1.11. The highest BCUT2D eigenvalue weighted by molar-refractivity contribution is 7.22. The lowest BCUT2D eigenvalue weighted by atomic mass is 10.1. The van der Waals surface area contributed by atoms with Gasteiger partial charge in [-0.2, -0.15) is 0 Å². The molecule has 0 saturated carbocycles. The summed E-state index contributed by atoms with van der Waals surface area (Å²) in [4.78, 5) is 17.0. The van der Waals surface area contributed by atoms with Crippen LogP contribution in [-0.2, 0) is 17.8 Å². The van der Waals surface area contributed by atoms with Gasteiger partial charge >= 0.3 is 5.97 Å². The maximum absolute atomic E-state index is 14.3. The molecule has 0 aliphatic rings. The van der Waals surface area contributed by atoms with E-state index in [-0.39, 0.29) is 16.0 Å². The molecule has 178 valence electrons. The van der Waals surface area contributed by atoms with Gasteiger partial charge in [0.05, 0.1) is 17.3 Å². The van der Waals surface area contributed by atoms with Crippen LogP contribution in [0, 0.1) is 29.3 Å². The molecule has 4 aromatic rings. The number of nitrogens with zero attached hydrogens (tertiary/aromatic N) is 2. The Kier molecular flexibility index (Phi) is 7.22. The van der Waals surface area contributed by atoms with Crippen LogP contribution in [0.1, 0.15) is 16.7 Å². The first-order chi connectivity index (χ1) is 16.8. The monoisotopic (exact) mass is 496 g/mol. The van der Waals surface area contributed by atoms with Crippen LogP contribution < -0.4 is 9.64 Å². The molecular formula is C26H19F3N2O3S. The Balaban J connectivity index is 1.61. The first-order valence-corrected chi connectivity index (χ1v) is 11.3. The minimum atomic E-state index is -1.21. The van der Waals surface area contributed by atoms with Gasteiger partial charge in [-0.1, -0.05) is 35.5 Å². The van der Waals surface area contributed by atoms with E-state index in [1.807, 2.05) is 4.90 Å². The number of methoxy groups -OCH3 is 1. The summed E-state index contributed by atoms with van der Waals surface area (Å²) in [5.74, 6) is 1.71. The fourth-order valence-electron chi connectivity index (χ4n) is 3.49. The van der Waals surface area contributed by atoms with Gasteiger partial charge in [0.25, 0.3) is 0 Å². The average molecular weight is 497 g/mol. The van der Waals surface area contributed by atoms with Crippen molar-refractivity contribution in [3.63, 3.8) is 0 Å². The first kappa shape index (κ1) is 24.1. The zero-order chi connectivity index (χ0) is 24.9. The van der Waals surface area contributed by atoms with Crippen molar-refractivity contribution in [1.29, 1.82) is 0 Å². The lowest BCUT2D eigenvalue weighted by molar-refractivity contribution is -0.130. The van der Waals surface area contributed by atoms with E-state index in [2.05, 4.69) is 16.8 Å². The Morgan fingerprint density at radius 1 is 1.06 bits per heavy atom. The zero-order valence-corrected chi connectivity index (χ0v) is 19.3. The summed E-state index contributed by atoms with van der Waals surface area (Å²) in [5, 5.41) is 9.20. The van der Waals surface area contributed by atoms with Crippen molar-refractivity contribution in [2.24, 2.45) is 0 Å². The van der Waals surface area contributed by atoms with Crippen molar-refractivity contribution in [3.8, 4) is 17.6 Å². The minimum Gasteiger partial charge on any atom is -0.494 e. The summed E-state index contributed by atoms with van der Waals surface area (Å²) in [6.45, 7) is 0.811. The molecule has 35 heavy (non-hydrogen) atoms. The smallest absolute Gasteiger partial charge is 0.382 e. The Bertz CT molecular complexity index is 1440. The fourth-order valence-corrected chi connectivity index (χ4v) is 4.47. The predicted molar refractivity (Wildman–Crippen MR) is 128 cm³/mol. The fraction of sp³-hybridized carbons (Fsp3) is 0.154. The van der Waals surface area contributed by atoms with Gasteiger partial charge in [0.1, 0.15) is 11.6 Å². The molecule has 0 fully saturated rings. The third-order valence-electron chi connectivity index (χ3n) is 5.20. The van der Waals surface area contributed by atoms with Crippen molar-refractivity contribution in [2.45, 2.75) is 13.0 Å². The standard InChI is InChI=1S/C26H19F3N2O3S/c1-34-23-8-6-17(12-20(23)28)10-11-31(15-18-4-2-16(3-5-18)7-9-24(32)33)26-30-22-14-19(27)13-21(29)25(22)35-26/h2-6,8,12-14H,10-11,15H2,1H3,(H,32,33). The van der Waals surface area contributed by atoms with Gasteiger partial charge in [-0.15, -0.1) is 0 Å². The van der Waals surface area contributed by atoms with Crippen LogP contribution >= 0.6 is 11.3 Å². The van der Waals surface area contributed by atoms with Gasteiger partial charge in [0.15, 0.2) is 16.7 Å². The van der Waals surface area contributed by atoms with E-state index in [1.54, 1.807) is 36.4 Å². The highest BCUT2D eigenvalue weighted by atomic mass is 32.1. The second kappa shape index (κ2) is 10.5. The normalized spacial score (nSPS) is 10.6. The molecule has 0 unspecified atom stereocenters. The predicted octanol–water partition coefficient (Wildman–Crippen LogP) is 5.41. The molecule has 0 radical (unpaired) electrons. The minimum absolute atomic E-state index is 0.153. The number of aliphatic carboxylic acids is 1. The first-order valence-electron chi connectivity index (χ1n) is 10.5. The molecule has 0 atom stereocenters. The Hall–Kier alpha value is -4.03. The van der Waals surface area contributed by atoms with Crippen molar-refractivity contribution >= 4 is 32.7 Å². The van der Waals surface area contributed by atoms with E-state index in [9.17, 15) is 18.0 Å². The number of carboxylic acid groups (broad SMARTS) is 1. The van der Waals surface area contributed by atoms with Gasteiger partial charge in [-0.05, 0) is 41.8 Å². The number of aromatic nitrogens is 1. The highest BCUT2D eigenvalue weighted by Gasteiger charge is 2.17. The van der Waals surface area contributed by atoms with Crippen molar-refractivity contribution < 1.29 is 27.8 Å². The van der Waals surface area contributed by atoms with Crippen LogP contribution in [0.25, 0.3) is 10.2 Å². The molecule has 0 bridgehead atoms. The Morgan fingerprint density at radius 3 is 2.49 bits per heavy atom. The maximum Gasteiger partial charge on any atom is 0.382 e. The van der Waals surface area contributed by atoms with Gasteiger partial charge in [0.2, 0.25) is 0 Å². The number of ether oxygens (including phenoxy) is 1. The van der Waals surface area contributed by atoms with Crippen LogP contribution in [0.15, 0.2) is 54.6 Å². The summed E-state index contributed by atoms with van der Waals surface area (Å²) < 4.78 is 47.3. The molecule has 0 aliphatic carbocycles. The largest absolute Gasteiger partial charge is 0.494 e. The number of hydrogen-bond donors (Lipinski definition) is 1. The number of carboxylic acids is 1. The summed E-state index contributed by atoms with van der Waals surface area (Å²) in [5.41, 5.74) is 2.39. The van der Waals surface area contributed by atoms with Crippen LogP contribution in [0.3, 0.4) is 0 Å². The van der Waals surface area contributed by atoms with E-state index in [4.69, 9.17) is 9.84 Å². The summed E-state index contributed by atoms with van der Waals surface area (Å²) in [6, 6.07) is 13.8. The van der Waals surface area contributed by atoms with E-state index in [1.165, 1.54) is 19.2 Å². The number of hydrogen-bond acceptors (Lipinski definition) is 5. The maximum atomic E-state index is 14.3. The van der Waals surface area contributed by atoms with Crippen LogP contribution in [-0.4, -0.2) is 29.7 Å². The molecule has 1 heterocycles. The third-order valence-corrected chi connectivity index (χ3v) is 6.34. The van der Waals surface area contributed by atoms with Gasteiger partial charge in [-0.25, -0.2) is 22.9 Å². The lowest BCUT2D eigenvalue weighted by Gasteiger charge is -2.22. The number of rotatable bonds is 7. The molecule has 9 heteroatoms. The molecule has 1 aromatic heterocycles. The summed E-state index contributed by atoms with van der Waals surface area (Å²) in [6.07, 6.45) is 0.468. The lowest BCUT2D eigenvalue weighted by Crippen LogP contribution is -2.25. The third kappa shape index (κ3) is 5.91. The number of halogens is 3. The van der Waals surface area contributed by atoms with Crippen molar-refractivity contribution in [3.05, 3.63) is 88.7 Å². The highest BCUT2D eigenvalue weighted by Crippen LogP contribution is 2.32. The second-order valence-electron chi connectivity index (χ2n) is 7.62. The molecule has 3 aromatic carbocycles. The topological polar surface area (TPSA) is 62.7 Å². The number of anilines is 1. The number of carbonyl (C=O) groups is 1. The average Bonchev–Trinajstić information content (AvgIpc) is 3.25.